The molecule has 0 heterocycles. The quantitative estimate of drug-likeness (QED) is 0.805. The average Bonchev–Trinajstić information content (AvgIpc) is 2.20. The fourth-order valence-corrected chi connectivity index (χ4v) is 0.855. The Morgan fingerprint density at radius 1 is 1.44 bits per heavy atom. The molecule has 0 aliphatic rings. The minimum atomic E-state index is -4.52. The molecule has 1 N–H and O–H groups in total. The van der Waals surface area contributed by atoms with Crippen LogP contribution in [0.2, 0.25) is 0 Å². The van der Waals surface area contributed by atoms with Crippen molar-refractivity contribution >= 4 is 12.3 Å². The number of aliphatic carboxylic acids is 1. The Labute approximate surface area is 87.3 Å². The molecule has 0 aromatic heterocycles. The molecule has 0 atom stereocenters. The van der Waals surface area contributed by atoms with Crippen LogP contribution in [0.25, 0.3) is 0 Å². The van der Waals surface area contributed by atoms with Gasteiger partial charge in [-0.2, -0.15) is 8.78 Å². The van der Waals surface area contributed by atoms with Crippen molar-refractivity contribution in [1.29, 1.82) is 0 Å². The van der Waals surface area contributed by atoms with Crippen LogP contribution in [-0.4, -0.2) is 23.5 Å². The van der Waals surface area contributed by atoms with E-state index in [1.807, 2.05) is 0 Å². The first-order chi connectivity index (χ1) is 7.36. The second-order valence-electron chi connectivity index (χ2n) is 2.73. The molecule has 0 saturated carbocycles. The van der Waals surface area contributed by atoms with Gasteiger partial charge >= 0.3 is 12.1 Å². The topological polar surface area (TPSA) is 63.6 Å². The van der Waals surface area contributed by atoms with Gasteiger partial charge in [0, 0.05) is 5.56 Å². The van der Waals surface area contributed by atoms with Crippen LogP contribution in [-0.2, 0) is 4.79 Å². The third-order valence-electron chi connectivity index (χ3n) is 1.58. The molecular formula is C9H5F3O4. The first-order valence-corrected chi connectivity index (χ1v) is 3.92. The van der Waals surface area contributed by atoms with Crippen molar-refractivity contribution in [3.05, 3.63) is 29.6 Å². The third kappa shape index (κ3) is 2.50. The molecule has 0 fully saturated rings. The summed E-state index contributed by atoms with van der Waals surface area (Å²) >= 11 is 0. The molecule has 0 aliphatic carbocycles. The minimum Gasteiger partial charge on any atom is -0.474 e. The van der Waals surface area contributed by atoms with Crippen molar-refractivity contribution in [2.45, 2.75) is 6.11 Å². The molecule has 16 heavy (non-hydrogen) atoms. The van der Waals surface area contributed by atoms with E-state index in [1.54, 1.807) is 0 Å². The van der Waals surface area contributed by atoms with Crippen LogP contribution < -0.4 is 4.74 Å². The SMILES string of the molecule is O=Cc1ccc(OC(F)(F)C(=O)O)c(F)c1. The lowest BCUT2D eigenvalue weighted by molar-refractivity contribution is -0.211. The van der Waals surface area contributed by atoms with Gasteiger partial charge in [0.1, 0.15) is 6.29 Å². The number of carbonyl (C=O) groups is 2. The number of ether oxygens (including phenoxy) is 1. The summed E-state index contributed by atoms with van der Waals surface area (Å²) in [4.78, 5) is 20.2. The fourth-order valence-electron chi connectivity index (χ4n) is 0.855. The Bertz CT molecular complexity index is 431. The maximum Gasteiger partial charge on any atom is 0.502 e. The molecule has 4 nitrogen and oxygen atoms in total. The summed E-state index contributed by atoms with van der Waals surface area (Å²) in [6.45, 7) is 0. The average molecular weight is 234 g/mol. The van der Waals surface area contributed by atoms with Crippen molar-refractivity contribution in [3.63, 3.8) is 0 Å². The molecule has 86 valence electrons. The van der Waals surface area contributed by atoms with Gasteiger partial charge in [-0.3, -0.25) is 4.79 Å². The van der Waals surface area contributed by atoms with E-state index in [4.69, 9.17) is 5.11 Å². The Morgan fingerprint density at radius 2 is 2.06 bits per heavy atom. The summed E-state index contributed by atoms with van der Waals surface area (Å²) in [5.74, 6) is -4.73. The maximum absolute atomic E-state index is 13.0. The van der Waals surface area contributed by atoms with E-state index in [9.17, 15) is 22.8 Å². The monoisotopic (exact) mass is 234 g/mol. The molecule has 0 spiro atoms. The second kappa shape index (κ2) is 4.21. The van der Waals surface area contributed by atoms with Gasteiger partial charge < -0.3 is 9.84 Å². The van der Waals surface area contributed by atoms with Gasteiger partial charge in [0.2, 0.25) is 0 Å². The number of carboxylic acid groups (broad SMARTS) is 1. The molecule has 7 heteroatoms. The molecule has 1 rings (SSSR count). The number of benzene rings is 1. The van der Waals surface area contributed by atoms with Crippen molar-refractivity contribution < 1.29 is 32.6 Å². The summed E-state index contributed by atoms with van der Waals surface area (Å²) in [6.07, 6.45) is -4.22. The first-order valence-electron chi connectivity index (χ1n) is 3.92. The highest BCUT2D eigenvalue weighted by Crippen LogP contribution is 2.25. The Morgan fingerprint density at radius 3 is 2.50 bits per heavy atom. The van der Waals surface area contributed by atoms with Crippen molar-refractivity contribution in [2.75, 3.05) is 0 Å². The van der Waals surface area contributed by atoms with Crippen molar-refractivity contribution in [2.24, 2.45) is 0 Å². The number of carboxylic acids is 1. The third-order valence-corrected chi connectivity index (χ3v) is 1.58. The first kappa shape index (κ1) is 12.0. The van der Waals surface area contributed by atoms with Crippen LogP contribution in [0, 0.1) is 5.82 Å². The fraction of sp³-hybridized carbons (Fsp3) is 0.111. The van der Waals surface area contributed by atoms with Gasteiger partial charge in [0.15, 0.2) is 11.6 Å². The zero-order chi connectivity index (χ0) is 12.3. The summed E-state index contributed by atoms with van der Waals surface area (Å²) in [5, 5.41) is 8.04. The zero-order valence-electron chi connectivity index (χ0n) is 7.62. The van der Waals surface area contributed by atoms with Gasteiger partial charge in [-0.25, -0.2) is 9.18 Å². The summed E-state index contributed by atoms with van der Waals surface area (Å²) in [7, 11) is 0. The second-order valence-corrected chi connectivity index (χ2v) is 2.73. The van der Waals surface area contributed by atoms with E-state index >= 15 is 0 Å². The van der Waals surface area contributed by atoms with Crippen LogP contribution in [0.15, 0.2) is 18.2 Å². The van der Waals surface area contributed by atoms with Gasteiger partial charge in [-0.05, 0) is 18.2 Å². The predicted molar refractivity (Wildman–Crippen MR) is 45.0 cm³/mol. The van der Waals surface area contributed by atoms with Crippen LogP contribution >= 0.6 is 0 Å². The Balaban J connectivity index is 2.98. The molecule has 0 radical (unpaired) electrons. The summed E-state index contributed by atoms with van der Waals surface area (Å²) in [6, 6.07) is 2.42. The highest BCUT2D eigenvalue weighted by Gasteiger charge is 2.43. The molecular weight excluding hydrogens is 229 g/mol. The largest absolute Gasteiger partial charge is 0.502 e. The zero-order valence-corrected chi connectivity index (χ0v) is 7.62. The van der Waals surface area contributed by atoms with E-state index in [2.05, 4.69) is 4.74 Å². The number of halogens is 3. The minimum absolute atomic E-state index is 0.0801. The van der Waals surface area contributed by atoms with Crippen LogP contribution in [0.4, 0.5) is 13.2 Å². The van der Waals surface area contributed by atoms with Crippen LogP contribution in [0.5, 0.6) is 5.75 Å². The number of carbonyl (C=O) groups excluding carboxylic acids is 1. The van der Waals surface area contributed by atoms with Crippen molar-refractivity contribution in [1.82, 2.24) is 0 Å². The molecule has 0 amide bonds. The van der Waals surface area contributed by atoms with Crippen LogP contribution in [0.1, 0.15) is 10.4 Å². The van der Waals surface area contributed by atoms with Gasteiger partial charge in [0.25, 0.3) is 0 Å². The highest BCUT2D eigenvalue weighted by molar-refractivity contribution is 5.75. The number of hydrogen-bond acceptors (Lipinski definition) is 3. The summed E-state index contributed by atoms with van der Waals surface area (Å²) < 4.78 is 41.8. The molecule has 1 aromatic rings. The molecule has 1 aromatic carbocycles. The molecule has 0 saturated heterocycles. The predicted octanol–water partition coefficient (Wildman–Crippen LogP) is 1.69. The van der Waals surface area contributed by atoms with E-state index in [1.165, 1.54) is 0 Å². The van der Waals surface area contributed by atoms with Gasteiger partial charge in [0.05, 0.1) is 0 Å². The van der Waals surface area contributed by atoms with Gasteiger partial charge in [-0.1, -0.05) is 0 Å². The standard InChI is InChI=1S/C9H5F3O4/c10-6-3-5(4-13)1-2-7(6)16-9(11,12)8(14)15/h1-4H,(H,14,15). The number of alkyl halides is 2. The molecule has 0 unspecified atom stereocenters. The van der Waals surface area contributed by atoms with Gasteiger partial charge in [-0.15, -0.1) is 0 Å². The van der Waals surface area contributed by atoms with Crippen LogP contribution in [0.3, 0.4) is 0 Å². The van der Waals surface area contributed by atoms with E-state index in [0.29, 0.717) is 12.4 Å². The van der Waals surface area contributed by atoms with E-state index < -0.39 is 23.6 Å². The number of hydrogen-bond donors (Lipinski definition) is 1. The maximum atomic E-state index is 13.0. The molecule has 0 bridgehead atoms. The van der Waals surface area contributed by atoms with E-state index in [-0.39, 0.29) is 5.56 Å². The van der Waals surface area contributed by atoms with Crippen molar-refractivity contribution in [3.8, 4) is 5.75 Å². The highest BCUT2D eigenvalue weighted by atomic mass is 19.3. The van der Waals surface area contributed by atoms with E-state index in [0.717, 1.165) is 12.1 Å². The summed E-state index contributed by atoms with van der Waals surface area (Å²) in [5.41, 5.74) is -0.0801. The lowest BCUT2D eigenvalue weighted by atomic mass is 10.2. The Kier molecular flexibility index (Phi) is 3.17. The lowest BCUT2D eigenvalue weighted by Gasteiger charge is -2.13. The number of rotatable bonds is 4. The lowest BCUT2D eigenvalue weighted by Crippen LogP contribution is -2.35. The molecule has 0 aliphatic heterocycles. The smallest absolute Gasteiger partial charge is 0.474 e. The normalized spacial score (nSPS) is 10.9. The Hall–Kier alpha value is -2.05. The number of aldehydes is 1.